The first-order valence-corrected chi connectivity index (χ1v) is 12.1. The lowest BCUT2D eigenvalue weighted by Crippen LogP contribution is -2.53. The molecule has 9 heteroatoms. The maximum Gasteiger partial charge on any atom is 0.262 e. The first kappa shape index (κ1) is 23.3. The van der Waals surface area contributed by atoms with E-state index in [0.29, 0.717) is 49.8 Å². The summed E-state index contributed by atoms with van der Waals surface area (Å²) in [6.07, 6.45) is 4.89. The number of amides is 2. The number of benzene rings is 1. The Hall–Kier alpha value is -3.46. The molecule has 2 saturated heterocycles. The van der Waals surface area contributed by atoms with Crippen molar-refractivity contribution in [3.8, 4) is 0 Å². The second-order valence-electron chi connectivity index (χ2n) is 9.90. The molecule has 0 spiro atoms. The molecule has 4 heterocycles. The Balaban J connectivity index is 1.29. The van der Waals surface area contributed by atoms with Gasteiger partial charge in [-0.1, -0.05) is 30.3 Å². The highest BCUT2D eigenvalue weighted by Gasteiger charge is 2.42. The van der Waals surface area contributed by atoms with E-state index < -0.39 is 5.60 Å². The van der Waals surface area contributed by atoms with Crippen LogP contribution >= 0.6 is 0 Å². The van der Waals surface area contributed by atoms with E-state index in [1.807, 2.05) is 37.4 Å². The number of aryl methyl sites for hydroxylation is 1. The summed E-state index contributed by atoms with van der Waals surface area (Å²) < 4.78 is 3.26. The number of hydrogen-bond donors (Lipinski definition) is 1. The third-order valence-electron chi connectivity index (χ3n) is 7.64. The fourth-order valence-corrected chi connectivity index (χ4v) is 5.55. The number of aromatic nitrogens is 3. The van der Waals surface area contributed by atoms with Gasteiger partial charge in [-0.15, -0.1) is 0 Å². The van der Waals surface area contributed by atoms with Crippen LogP contribution < -0.4 is 5.56 Å². The third-order valence-corrected chi connectivity index (χ3v) is 7.64. The van der Waals surface area contributed by atoms with Crippen molar-refractivity contribution in [2.75, 3.05) is 20.1 Å². The Morgan fingerprint density at radius 2 is 1.83 bits per heavy atom. The van der Waals surface area contributed by atoms with Gasteiger partial charge in [-0.2, -0.15) is 0 Å². The van der Waals surface area contributed by atoms with E-state index in [9.17, 15) is 19.5 Å². The highest BCUT2D eigenvalue weighted by atomic mass is 16.3. The second kappa shape index (κ2) is 8.96. The Bertz CT molecular complexity index is 1310. The largest absolute Gasteiger partial charge is 0.388 e. The molecule has 0 radical (unpaired) electrons. The van der Waals surface area contributed by atoms with Crippen molar-refractivity contribution in [3.05, 3.63) is 64.8 Å². The molecule has 5 rings (SSSR count). The minimum absolute atomic E-state index is 0.0183. The molecule has 0 aliphatic carbocycles. The molecule has 2 aliphatic rings. The molecule has 2 fully saturated rings. The van der Waals surface area contributed by atoms with Gasteiger partial charge in [-0.25, -0.2) is 4.98 Å². The average molecular weight is 478 g/mol. The number of carbonyl (C=O) groups excluding carboxylic acids is 2. The van der Waals surface area contributed by atoms with Crippen LogP contribution in [-0.4, -0.2) is 66.6 Å². The molecule has 1 N–H and O–H groups in total. The molecule has 2 atom stereocenters. The topological polar surface area (TPSA) is 101 Å². The van der Waals surface area contributed by atoms with Crippen LogP contribution in [0.25, 0.3) is 11.0 Å². The minimum Gasteiger partial charge on any atom is -0.388 e. The van der Waals surface area contributed by atoms with Gasteiger partial charge in [0.2, 0.25) is 11.8 Å². The quantitative estimate of drug-likeness (QED) is 0.617. The van der Waals surface area contributed by atoms with Crippen LogP contribution in [0.4, 0.5) is 0 Å². The van der Waals surface area contributed by atoms with Gasteiger partial charge < -0.3 is 19.5 Å². The molecule has 35 heavy (non-hydrogen) atoms. The smallest absolute Gasteiger partial charge is 0.262 e. The average Bonchev–Trinajstić information content (AvgIpc) is 3.24. The number of hydrogen-bond acceptors (Lipinski definition) is 5. The zero-order valence-electron chi connectivity index (χ0n) is 20.1. The summed E-state index contributed by atoms with van der Waals surface area (Å²) in [6.45, 7) is 0.945. The highest BCUT2D eigenvalue weighted by molar-refractivity contribution is 5.85. The zero-order chi connectivity index (χ0) is 24.7. The molecule has 2 aromatic heterocycles. The summed E-state index contributed by atoms with van der Waals surface area (Å²) in [4.78, 5) is 46.8. The Labute approximate surface area is 203 Å². The first-order valence-electron chi connectivity index (χ1n) is 12.1. The Kier molecular flexibility index (Phi) is 5.96. The van der Waals surface area contributed by atoms with Crippen LogP contribution in [0.2, 0.25) is 0 Å². The summed E-state index contributed by atoms with van der Waals surface area (Å²) in [5.41, 5.74) is 0.298. The monoisotopic (exact) mass is 477 g/mol. The first-order chi connectivity index (χ1) is 16.8. The number of likely N-dealkylation sites (tertiary alicyclic amines) is 2. The van der Waals surface area contributed by atoms with E-state index in [2.05, 4.69) is 4.98 Å². The lowest BCUT2D eigenvalue weighted by atomic mass is 9.82. The number of carbonyl (C=O) groups is 2. The van der Waals surface area contributed by atoms with E-state index in [-0.39, 0.29) is 35.9 Å². The summed E-state index contributed by atoms with van der Waals surface area (Å²) in [5.74, 6) is -0.256. The fraction of sp³-hybridized carbons (Fsp3) is 0.462. The predicted octanol–water partition coefficient (Wildman–Crippen LogP) is 1.70. The SMILES string of the molecule is CN1C(=O)CC[C@H](C(=O)N2CCC(O)(Cn3cnc4c(ccn4C)c3=O)CC2)[C@H]1c1ccccc1. The van der Waals surface area contributed by atoms with Crippen LogP contribution in [0.1, 0.15) is 37.3 Å². The molecule has 0 unspecified atom stereocenters. The van der Waals surface area contributed by atoms with Crippen molar-refractivity contribution in [2.45, 2.75) is 43.9 Å². The molecule has 1 aromatic carbocycles. The molecule has 2 aliphatic heterocycles. The molecule has 3 aromatic rings. The predicted molar refractivity (Wildman–Crippen MR) is 130 cm³/mol. The molecule has 184 valence electrons. The number of piperidine rings is 2. The number of fused-ring (bicyclic) bond motifs is 1. The molecule has 0 saturated carbocycles. The van der Waals surface area contributed by atoms with Crippen LogP contribution in [0.5, 0.6) is 0 Å². The minimum atomic E-state index is -1.09. The third kappa shape index (κ3) is 4.25. The second-order valence-corrected chi connectivity index (χ2v) is 9.90. The van der Waals surface area contributed by atoms with Gasteiger partial charge in [0.15, 0.2) is 0 Å². The number of nitrogens with zero attached hydrogens (tertiary/aromatic N) is 5. The van der Waals surface area contributed by atoms with Crippen molar-refractivity contribution < 1.29 is 14.7 Å². The van der Waals surface area contributed by atoms with E-state index in [1.165, 1.54) is 10.9 Å². The lowest BCUT2D eigenvalue weighted by Gasteiger charge is -2.43. The van der Waals surface area contributed by atoms with Crippen LogP contribution in [-0.2, 0) is 23.2 Å². The zero-order valence-corrected chi connectivity index (χ0v) is 20.1. The Morgan fingerprint density at radius 1 is 1.11 bits per heavy atom. The molecular formula is C26H31N5O4. The van der Waals surface area contributed by atoms with Gasteiger partial charge in [0.25, 0.3) is 5.56 Å². The van der Waals surface area contributed by atoms with E-state index >= 15 is 0 Å². The molecule has 9 nitrogen and oxygen atoms in total. The van der Waals surface area contributed by atoms with E-state index in [1.54, 1.807) is 33.7 Å². The van der Waals surface area contributed by atoms with Crippen molar-refractivity contribution in [1.82, 2.24) is 23.9 Å². The maximum atomic E-state index is 13.6. The summed E-state index contributed by atoms with van der Waals surface area (Å²) >= 11 is 0. The highest BCUT2D eigenvalue weighted by Crippen LogP contribution is 2.37. The summed E-state index contributed by atoms with van der Waals surface area (Å²) in [7, 11) is 3.60. The van der Waals surface area contributed by atoms with Crippen LogP contribution in [0, 0.1) is 5.92 Å². The van der Waals surface area contributed by atoms with E-state index in [4.69, 9.17) is 0 Å². The standard InChI is InChI=1S/C26H31N5O4/c1-28-13-10-20-23(28)27-17-31(25(20)34)16-26(35)11-14-30(15-12-26)24(33)19-8-9-21(32)29(2)22(19)18-6-4-3-5-7-18/h3-7,10,13,17,19,22,35H,8-9,11-12,14-16H2,1-2H3/t19-,22+/m0/s1. The van der Waals surface area contributed by atoms with Crippen molar-refractivity contribution >= 4 is 22.8 Å². The van der Waals surface area contributed by atoms with E-state index in [0.717, 1.165) is 5.56 Å². The molecule has 2 amide bonds. The van der Waals surface area contributed by atoms with Gasteiger partial charge in [0, 0.05) is 39.8 Å². The van der Waals surface area contributed by atoms with Gasteiger partial charge in [-0.05, 0) is 30.9 Å². The fourth-order valence-electron chi connectivity index (χ4n) is 5.55. The summed E-state index contributed by atoms with van der Waals surface area (Å²) in [5, 5.41) is 11.8. The number of aliphatic hydroxyl groups is 1. The van der Waals surface area contributed by atoms with Gasteiger partial charge in [0.1, 0.15) is 12.0 Å². The van der Waals surface area contributed by atoms with Crippen molar-refractivity contribution in [1.29, 1.82) is 0 Å². The lowest BCUT2D eigenvalue weighted by molar-refractivity contribution is -0.149. The maximum absolute atomic E-state index is 13.6. The molecular weight excluding hydrogens is 446 g/mol. The van der Waals surface area contributed by atoms with Crippen LogP contribution in [0.15, 0.2) is 53.7 Å². The normalized spacial score (nSPS) is 22.5. The van der Waals surface area contributed by atoms with Crippen molar-refractivity contribution in [3.63, 3.8) is 0 Å². The van der Waals surface area contributed by atoms with Gasteiger partial charge in [-0.3, -0.25) is 19.0 Å². The van der Waals surface area contributed by atoms with Gasteiger partial charge >= 0.3 is 0 Å². The molecule has 0 bridgehead atoms. The van der Waals surface area contributed by atoms with Gasteiger partial charge in [0.05, 0.1) is 29.5 Å². The number of rotatable bonds is 4. The van der Waals surface area contributed by atoms with Crippen LogP contribution in [0.3, 0.4) is 0 Å². The Morgan fingerprint density at radius 3 is 2.54 bits per heavy atom. The summed E-state index contributed by atoms with van der Waals surface area (Å²) in [6, 6.07) is 11.1. The van der Waals surface area contributed by atoms with Crippen molar-refractivity contribution in [2.24, 2.45) is 13.0 Å².